The Labute approximate surface area is 123 Å². The second-order valence-electron chi connectivity index (χ2n) is 4.15. The molecule has 0 bridgehead atoms. The Morgan fingerprint density at radius 1 is 1.10 bits per heavy atom. The molecule has 2 aromatic rings. The summed E-state index contributed by atoms with van der Waals surface area (Å²) < 4.78 is 39.1. The van der Waals surface area contributed by atoms with Crippen molar-refractivity contribution in [3.05, 3.63) is 58.4 Å². The SMILES string of the molecule is CNc1ccc(Cl)cc1C(=O)Nc1cc(F)c(F)c(F)c1. The van der Waals surface area contributed by atoms with E-state index in [1.165, 1.54) is 6.07 Å². The van der Waals surface area contributed by atoms with Gasteiger partial charge in [0.15, 0.2) is 17.5 Å². The van der Waals surface area contributed by atoms with Crippen LogP contribution in [0.4, 0.5) is 24.5 Å². The molecule has 0 aromatic heterocycles. The molecule has 7 heteroatoms. The summed E-state index contributed by atoms with van der Waals surface area (Å²) in [6, 6.07) is 5.96. The Bertz CT molecular complexity index is 684. The molecule has 0 spiro atoms. The lowest BCUT2D eigenvalue weighted by Gasteiger charge is -2.11. The fourth-order valence-corrected chi connectivity index (χ4v) is 1.92. The molecule has 0 aliphatic rings. The van der Waals surface area contributed by atoms with Gasteiger partial charge in [-0.1, -0.05) is 11.6 Å². The Kier molecular flexibility index (Phi) is 4.37. The van der Waals surface area contributed by atoms with Gasteiger partial charge in [0.05, 0.1) is 5.56 Å². The van der Waals surface area contributed by atoms with Gasteiger partial charge in [0.25, 0.3) is 5.91 Å². The zero-order chi connectivity index (χ0) is 15.6. The van der Waals surface area contributed by atoms with Crippen molar-refractivity contribution in [2.45, 2.75) is 0 Å². The van der Waals surface area contributed by atoms with Crippen LogP contribution in [0, 0.1) is 17.5 Å². The van der Waals surface area contributed by atoms with Gasteiger partial charge in [-0.15, -0.1) is 0 Å². The minimum atomic E-state index is -1.59. The number of amides is 1. The van der Waals surface area contributed by atoms with Gasteiger partial charge in [-0.2, -0.15) is 0 Å². The number of anilines is 2. The van der Waals surface area contributed by atoms with E-state index in [1.54, 1.807) is 19.2 Å². The number of nitrogens with one attached hydrogen (secondary N) is 2. The maximum atomic E-state index is 13.1. The van der Waals surface area contributed by atoms with Crippen LogP contribution in [0.3, 0.4) is 0 Å². The summed E-state index contributed by atoms with van der Waals surface area (Å²) in [5, 5.41) is 5.41. The summed E-state index contributed by atoms with van der Waals surface area (Å²) in [6.45, 7) is 0. The molecule has 0 radical (unpaired) electrons. The minimum Gasteiger partial charge on any atom is -0.387 e. The van der Waals surface area contributed by atoms with Gasteiger partial charge < -0.3 is 10.6 Å². The fourth-order valence-electron chi connectivity index (χ4n) is 1.75. The van der Waals surface area contributed by atoms with Crippen LogP contribution < -0.4 is 10.6 Å². The highest BCUT2D eigenvalue weighted by Crippen LogP contribution is 2.23. The van der Waals surface area contributed by atoms with Crippen molar-refractivity contribution in [3.63, 3.8) is 0 Å². The van der Waals surface area contributed by atoms with Crippen molar-refractivity contribution in [3.8, 4) is 0 Å². The van der Waals surface area contributed by atoms with Gasteiger partial charge in [-0.3, -0.25) is 4.79 Å². The topological polar surface area (TPSA) is 41.1 Å². The largest absolute Gasteiger partial charge is 0.387 e. The number of rotatable bonds is 3. The first-order valence-electron chi connectivity index (χ1n) is 5.85. The van der Waals surface area contributed by atoms with Crippen molar-refractivity contribution in [2.24, 2.45) is 0 Å². The predicted octanol–water partition coefficient (Wildman–Crippen LogP) is 4.05. The summed E-state index contributed by atoms with van der Waals surface area (Å²) >= 11 is 5.81. The third kappa shape index (κ3) is 3.28. The van der Waals surface area contributed by atoms with Gasteiger partial charge >= 0.3 is 0 Å². The minimum absolute atomic E-state index is 0.190. The van der Waals surface area contributed by atoms with Gasteiger partial charge in [-0.05, 0) is 18.2 Å². The summed E-state index contributed by atoms with van der Waals surface area (Å²) in [6.07, 6.45) is 0. The van der Waals surface area contributed by atoms with E-state index in [9.17, 15) is 18.0 Å². The molecule has 0 aliphatic carbocycles. The number of hydrogen-bond donors (Lipinski definition) is 2. The standard InChI is InChI=1S/C14H10ClF3N2O/c1-19-12-3-2-7(15)4-9(12)14(21)20-8-5-10(16)13(18)11(17)6-8/h2-6,19H,1H3,(H,20,21). The zero-order valence-electron chi connectivity index (χ0n) is 10.8. The van der Waals surface area contributed by atoms with E-state index in [4.69, 9.17) is 11.6 Å². The molecule has 0 aliphatic heterocycles. The Morgan fingerprint density at radius 3 is 2.29 bits per heavy atom. The van der Waals surface area contributed by atoms with E-state index in [-0.39, 0.29) is 11.3 Å². The highest BCUT2D eigenvalue weighted by Gasteiger charge is 2.15. The van der Waals surface area contributed by atoms with E-state index in [0.29, 0.717) is 22.8 Å². The van der Waals surface area contributed by atoms with Crippen LogP contribution in [0.1, 0.15) is 10.4 Å². The molecule has 2 rings (SSSR count). The van der Waals surface area contributed by atoms with Crippen LogP contribution in [-0.2, 0) is 0 Å². The van der Waals surface area contributed by atoms with Crippen LogP contribution in [0.15, 0.2) is 30.3 Å². The number of halogens is 4. The normalized spacial score (nSPS) is 10.3. The zero-order valence-corrected chi connectivity index (χ0v) is 11.6. The molecule has 21 heavy (non-hydrogen) atoms. The maximum absolute atomic E-state index is 13.1. The van der Waals surface area contributed by atoms with E-state index in [1.807, 2.05) is 0 Å². The Balaban J connectivity index is 2.32. The van der Waals surface area contributed by atoms with Crippen molar-refractivity contribution in [2.75, 3.05) is 17.7 Å². The molecule has 0 fully saturated rings. The molecular weight excluding hydrogens is 305 g/mol. The first-order chi connectivity index (χ1) is 9.92. The molecule has 3 nitrogen and oxygen atoms in total. The van der Waals surface area contributed by atoms with Gasteiger partial charge in [0, 0.05) is 35.6 Å². The van der Waals surface area contributed by atoms with E-state index in [0.717, 1.165) is 0 Å². The van der Waals surface area contributed by atoms with Crippen molar-refractivity contribution >= 4 is 28.9 Å². The lowest BCUT2D eigenvalue weighted by atomic mass is 10.1. The molecule has 110 valence electrons. The van der Waals surface area contributed by atoms with Crippen LogP contribution in [-0.4, -0.2) is 13.0 Å². The van der Waals surface area contributed by atoms with Crippen LogP contribution in [0.5, 0.6) is 0 Å². The van der Waals surface area contributed by atoms with Crippen LogP contribution >= 0.6 is 11.6 Å². The Hall–Kier alpha value is -2.21. The number of benzene rings is 2. The monoisotopic (exact) mass is 314 g/mol. The van der Waals surface area contributed by atoms with Gasteiger partial charge in [0.2, 0.25) is 0 Å². The van der Waals surface area contributed by atoms with Crippen molar-refractivity contribution in [1.29, 1.82) is 0 Å². The molecule has 2 N–H and O–H groups in total. The van der Waals surface area contributed by atoms with E-state index >= 15 is 0 Å². The van der Waals surface area contributed by atoms with Crippen LogP contribution in [0.2, 0.25) is 5.02 Å². The smallest absolute Gasteiger partial charge is 0.257 e. The summed E-state index contributed by atoms with van der Waals surface area (Å²) in [4.78, 5) is 12.1. The average molecular weight is 315 g/mol. The van der Waals surface area contributed by atoms with Crippen molar-refractivity contribution in [1.82, 2.24) is 0 Å². The molecule has 0 unspecified atom stereocenters. The summed E-state index contributed by atoms with van der Waals surface area (Å²) in [5.74, 6) is -4.99. The third-order valence-electron chi connectivity index (χ3n) is 2.74. The number of carbonyl (C=O) groups is 1. The molecule has 2 aromatic carbocycles. The Morgan fingerprint density at radius 2 is 1.71 bits per heavy atom. The average Bonchev–Trinajstić information content (AvgIpc) is 2.44. The van der Waals surface area contributed by atoms with Crippen LogP contribution in [0.25, 0.3) is 0 Å². The first-order valence-corrected chi connectivity index (χ1v) is 6.23. The first kappa shape index (κ1) is 15.2. The number of carbonyl (C=O) groups excluding carboxylic acids is 1. The molecular formula is C14H10ClF3N2O. The lowest BCUT2D eigenvalue weighted by molar-refractivity contribution is 0.102. The highest BCUT2D eigenvalue weighted by molar-refractivity contribution is 6.31. The molecule has 1 amide bonds. The lowest BCUT2D eigenvalue weighted by Crippen LogP contribution is -2.14. The quantitative estimate of drug-likeness (QED) is 0.839. The maximum Gasteiger partial charge on any atom is 0.257 e. The van der Waals surface area contributed by atoms with E-state index < -0.39 is 23.4 Å². The van der Waals surface area contributed by atoms with Gasteiger partial charge in [0.1, 0.15) is 0 Å². The number of hydrogen-bond acceptors (Lipinski definition) is 2. The second kappa shape index (κ2) is 6.05. The predicted molar refractivity (Wildman–Crippen MR) is 75.3 cm³/mol. The summed E-state index contributed by atoms with van der Waals surface area (Å²) in [7, 11) is 1.61. The van der Waals surface area contributed by atoms with Gasteiger partial charge in [-0.25, -0.2) is 13.2 Å². The third-order valence-corrected chi connectivity index (χ3v) is 2.97. The fraction of sp³-hybridized carbons (Fsp3) is 0.0714. The highest BCUT2D eigenvalue weighted by atomic mass is 35.5. The molecule has 0 atom stereocenters. The summed E-state index contributed by atoms with van der Waals surface area (Å²) in [5.41, 5.74) is 0.480. The molecule has 0 heterocycles. The van der Waals surface area contributed by atoms with Crippen molar-refractivity contribution < 1.29 is 18.0 Å². The molecule has 0 saturated carbocycles. The van der Waals surface area contributed by atoms with E-state index in [2.05, 4.69) is 10.6 Å². The second-order valence-corrected chi connectivity index (χ2v) is 4.58. The molecule has 0 saturated heterocycles.